The summed E-state index contributed by atoms with van der Waals surface area (Å²) < 4.78 is 26.9. The minimum Gasteiger partial charge on any atom is -0.398 e. The molecule has 1 heterocycles. The Balaban J connectivity index is 2.10. The van der Waals surface area contributed by atoms with E-state index in [4.69, 9.17) is 5.73 Å². The number of aliphatic hydroxyl groups is 1. The average Bonchev–Trinajstić information content (AvgIpc) is 2.86. The van der Waals surface area contributed by atoms with E-state index in [-0.39, 0.29) is 10.8 Å². The first-order valence-electron chi connectivity index (χ1n) is 6.02. The lowest BCUT2D eigenvalue weighted by atomic mass is 10.1. The van der Waals surface area contributed by atoms with Gasteiger partial charge in [0.15, 0.2) is 0 Å². The Morgan fingerprint density at radius 1 is 1.30 bits per heavy atom. The van der Waals surface area contributed by atoms with Crippen molar-refractivity contribution in [1.29, 1.82) is 0 Å². The standard InChI is InChI=1S/C13H16N2O3S2/c14-11-7-13(19-9-11)20(17,18)15-12(8-16)6-10-4-2-1-3-5-10/h1-5,7,9,12,15-16H,6,8,14H2/t12-/m0/s1. The maximum absolute atomic E-state index is 12.1. The highest BCUT2D eigenvalue weighted by atomic mass is 32.2. The van der Waals surface area contributed by atoms with Gasteiger partial charge in [-0.25, -0.2) is 13.1 Å². The lowest BCUT2D eigenvalue weighted by molar-refractivity contribution is 0.256. The summed E-state index contributed by atoms with van der Waals surface area (Å²) in [6, 6.07) is 10.3. The molecule has 0 fully saturated rings. The van der Waals surface area contributed by atoms with E-state index in [2.05, 4.69) is 4.72 Å². The van der Waals surface area contributed by atoms with Crippen molar-refractivity contribution in [1.82, 2.24) is 4.72 Å². The van der Waals surface area contributed by atoms with Crippen molar-refractivity contribution >= 4 is 27.0 Å². The molecule has 0 amide bonds. The molecule has 2 rings (SSSR count). The summed E-state index contributed by atoms with van der Waals surface area (Å²) in [4.78, 5) is 0. The van der Waals surface area contributed by atoms with Crippen molar-refractivity contribution in [3.8, 4) is 0 Å². The number of hydrogen-bond donors (Lipinski definition) is 3. The van der Waals surface area contributed by atoms with Gasteiger partial charge >= 0.3 is 0 Å². The number of hydrogen-bond acceptors (Lipinski definition) is 5. The third-order valence-corrected chi connectivity index (χ3v) is 5.71. The number of thiophene rings is 1. The van der Waals surface area contributed by atoms with Gasteiger partial charge in [0.1, 0.15) is 4.21 Å². The number of nitrogens with one attached hydrogen (secondary N) is 1. The van der Waals surface area contributed by atoms with Crippen LogP contribution in [0.5, 0.6) is 0 Å². The molecule has 0 saturated carbocycles. The van der Waals surface area contributed by atoms with Crippen molar-refractivity contribution in [3.63, 3.8) is 0 Å². The van der Waals surface area contributed by atoms with Crippen LogP contribution in [0.1, 0.15) is 5.56 Å². The molecular formula is C13H16N2O3S2. The van der Waals surface area contributed by atoms with Crippen molar-refractivity contribution < 1.29 is 13.5 Å². The predicted molar refractivity (Wildman–Crippen MR) is 80.1 cm³/mol. The number of nitrogen functional groups attached to an aromatic ring is 1. The molecule has 0 aliphatic carbocycles. The molecule has 7 heteroatoms. The normalized spacial score (nSPS) is 13.2. The van der Waals surface area contributed by atoms with Crippen LogP contribution in [-0.4, -0.2) is 26.2 Å². The van der Waals surface area contributed by atoms with Gasteiger partial charge in [-0.3, -0.25) is 0 Å². The predicted octanol–water partition coefficient (Wildman–Crippen LogP) is 1.21. The van der Waals surface area contributed by atoms with Crippen LogP contribution < -0.4 is 10.5 Å². The Morgan fingerprint density at radius 3 is 2.55 bits per heavy atom. The largest absolute Gasteiger partial charge is 0.398 e. The van der Waals surface area contributed by atoms with Crippen molar-refractivity contribution in [2.75, 3.05) is 12.3 Å². The number of sulfonamides is 1. The Kier molecular flexibility index (Phi) is 4.77. The molecule has 1 atom stereocenters. The van der Waals surface area contributed by atoms with E-state index in [1.807, 2.05) is 30.3 Å². The minimum atomic E-state index is -3.64. The summed E-state index contributed by atoms with van der Waals surface area (Å²) >= 11 is 1.06. The van der Waals surface area contributed by atoms with Crippen LogP contribution in [0, 0.1) is 0 Å². The topological polar surface area (TPSA) is 92.4 Å². The summed E-state index contributed by atoms with van der Waals surface area (Å²) in [7, 11) is -3.64. The highest BCUT2D eigenvalue weighted by Gasteiger charge is 2.21. The van der Waals surface area contributed by atoms with Gasteiger partial charge < -0.3 is 10.8 Å². The van der Waals surface area contributed by atoms with Crippen molar-refractivity contribution in [2.45, 2.75) is 16.7 Å². The average molecular weight is 312 g/mol. The summed E-state index contributed by atoms with van der Waals surface area (Å²) in [5, 5.41) is 10.9. The van der Waals surface area contributed by atoms with Gasteiger partial charge in [0.05, 0.1) is 6.61 Å². The molecule has 5 nitrogen and oxygen atoms in total. The Labute approximate surface area is 122 Å². The first kappa shape index (κ1) is 15.0. The van der Waals surface area contributed by atoms with E-state index < -0.39 is 16.1 Å². The van der Waals surface area contributed by atoms with Crippen molar-refractivity contribution in [2.24, 2.45) is 0 Å². The highest BCUT2D eigenvalue weighted by Crippen LogP contribution is 2.21. The summed E-state index contributed by atoms with van der Waals surface area (Å²) in [5.41, 5.74) is 6.90. The van der Waals surface area contributed by atoms with E-state index in [1.54, 1.807) is 5.38 Å². The fourth-order valence-corrected chi connectivity index (χ4v) is 4.11. The fourth-order valence-electron chi connectivity index (χ4n) is 1.79. The van der Waals surface area contributed by atoms with Gasteiger partial charge in [-0.1, -0.05) is 30.3 Å². The first-order valence-corrected chi connectivity index (χ1v) is 8.38. The van der Waals surface area contributed by atoms with Gasteiger partial charge in [-0.15, -0.1) is 11.3 Å². The smallest absolute Gasteiger partial charge is 0.250 e. The Bertz CT molecular complexity index is 653. The van der Waals surface area contributed by atoms with Crippen LogP contribution in [0.4, 0.5) is 5.69 Å². The lowest BCUT2D eigenvalue weighted by Gasteiger charge is -2.15. The van der Waals surface area contributed by atoms with E-state index >= 15 is 0 Å². The zero-order chi connectivity index (χ0) is 14.6. The Morgan fingerprint density at radius 2 is 2.00 bits per heavy atom. The zero-order valence-electron chi connectivity index (χ0n) is 10.7. The fraction of sp³-hybridized carbons (Fsp3) is 0.231. The monoisotopic (exact) mass is 312 g/mol. The maximum Gasteiger partial charge on any atom is 0.250 e. The lowest BCUT2D eigenvalue weighted by Crippen LogP contribution is -2.38. The molecule has 0 spiro atoms. The van der Waals surface area contributed by atoms with Gasteiger partial charge in [0.2, 0.25) is 10.0 Å². The van der Waals surface area contributed by atoms with Gasteiger partial charge in [-0.05, 0) is 18.1 Å². The zero-order valence-corrected chi connectivity index (χ0v) is 12.3. The Hall–Kier alpha value is -1.41. The first-order chi connectivity index (χ1) is 9.51. The second-order valence-electron chi connectivity index (χ2n) is 4.39. The van der Waals surface area contributed by atoms with Crippen molar-refractivity contribution in [3.05, 3.63) is 47.3 Å². The molecule has 0 aliphatic heterocycles. The van der Waals surface area contributed by atoms with E-state index in [9.17, 15) is 13.5 Å². The maximum atomic E-state index is 12.1. The molecule has 0 aliphatic rings. The summed E-state index contributed by atoms with van der Waals surface area (Å²) in [6.07, 6.45) is 0.428. The number of benzene rings is 1. The molecule has 1 aromatic carbocycles. The van der Waals surface area contributed by atoms with Gasteiger partial charge in [0.25, 0.3) is 0 Å². The van der Waals surface area contributed by atoms with Crippen LogP contribution in [0.2, 0.25) is 0 Å². The molecule has 20 heavy (non-hydrogen) atoms. The quantitative estimate of drug-likeness (QED) is 0.747. The number of rotatable bonds is 6. The van der Waals surface area contributed by atoms with E-state index in [1.165, 1.54) is 6.07 Å². The summed E-state index contributed by atoms with van der Waals surface area (Å²) in [5.74, 6) is 0. The highest BCUT2D eigenvalue weighted by molar-refractivity contribution is 7.91. The molecule has 1 aromatic heterocycles. The molecule has 108 valence electrons. The van der Waals surface area contributed by atoms with Crippen LogP contribution in [-0.2, 0) is 16.4 Å². The number of nitrogens with two attached hydrogens (primary N) is 1. The third kappa shape index (κ3) is 3.80. The molecule has 2 aromatic rings. The molecule has 0 saturated heterocycles. The van der Waals surface area contributed by atoms with Gasteiger partial charge in [-0.2, -0.15) is 0 Å². The third-order valence-electron chi connectivity index (χ3n) is 2.73. The van der Waals surface area contributed by atoms with Crippen LogP contribution in [0.25, 0.3) is 0 Å². The second-order valence-corrected chi connectivity index (χ2v) is 7.24. The SMILES string of the molecule is Nc1csc(S(=O)(=O)N[C@H](CO)Cc2ccccc2)c1. The molecule has 4 N–H and O–H groups in total. The van der Waals surface area contributed by atoms with Crippen LogP contribution >= 0.6 is 11.3 Å². The minimum absolute atomic E-state index is 0.154. The summed E-state index contributed by atoms with van der Waals surface area (Å²) in [6.45, 7) is -0.269. The van der Waals surface area contributed by atoms with E-state index in [0.717, 1.165) is 16.9 Å². The molecule has 0 unspecified atom stereocenters. The van der Waals surface area contributed by atoms with Crippen LogP contribution in [0.15, 0.2) is 46.0 Å². The molecule has 0 radical (unpaired) electrons. The second kappa shape index (κ2) is 6.36. The number of anilines is 1. The molecule has 0 bridgehead atoms. The van der Waals surface area contributed by atoms with E-state index in [0.29, 0.717) is 12.1 Å². The molecular weight excluding hydrogens is 296 g/mol. The number of aliphatic hydroxyl groups excluding tert-OH is 1. The van der Waals surface area contributed by atoms with Crippen LogP contribution in [0.3, 0.4) is 0 Å². The van der Waals surface area contributed by atoms with Gasteiger partial charge in [0, 0.05) is 17.1 Å².